The van der Waals surface area contributed by atoms with Crippen molar-refractivity contribution in [3.8, 4) is 11.3 Å². The van der Waals surface area contributed by atoms with Gasteiger partial charge in [-0.15, -0.1) is 0 Å². The van der Waals surface area contributed by atoms with Gasteiger partial charge in [0, 0.05) is 43.1 Å². The van der Waals surface area contributed by atoms with Gasteiger partial charge >= 0.3 is 0 Å². The zero-order valence-corrected chi connectivity index (χ0v) is 14.0. The van der Waals surface area contributed by atoms with Gasteiger partial charge in [-0.05, 0) is 24.1 Å². The van der Waals surface area contributed by atoms with Crippen LogP contribution in [-0.2, 0) is 6.42 Å². The number of rotatable bonds is 5. The normalized spacial score (nSPS) is 10.8. The van der Waals surface area contributed by atoms with Crippen molar-refractivity contribution in [3.63, 3.8) is 0 Å². The van der Waals surface area contributed by atoms with Gasteiger partial charge in [0.25, 0.3) is 5.91 Å². The van der Waals surface area contributed by atoms with Crippen LogP contribution in [0.1, 0.15) is 16.1 Å². The molecule has 6 heteroatoms. The van der Waals surface area contributed by atoms with Crippen molar-refractivity contribution in [1.29, 1.82) is 0 Å². The van der Waals surface area contributed by atoms with Crippen LogP contribution in [0.2, 0.25) is 0 Å². The van der Waals surface area contributed by atoms with Crippen molar-refractivity contribution in [2.24, 2.45) is 0 Å². The molecule has 3 aromatic heterocycles. The minimum atomic E-state index is -0.193. The van der Waals surface area contributed by atoms with E-state index >= 15 is 0 Å². The Hall–Kier alpha value is -3.54. The molecule has 26 heavy (non-hydrogen) atoms. The first-order valence-corrected chi connectivity index (χ1v) is 8.37. The zero-order chi connectivity index (χ0) is 17.8. The van der Waals surface area contributed by atoms with Crippen molar-refractivity contribution in [3.05, 3.63) is 84.7 Å². The maximum atomic E-state index is 12.4. The summed E-state index contributed by atoms with van der Waals surface area (Å²) in [6.45, 7) is 0.542. The Morgan fingerprint density at radius 3 is 2.65 bits per heavy atom. The second kappa shape index (κ2) is 7.14. The predicted octanol–water partition coefficient (Wildman–Crippen LogP) is 2.76. The van der Waals surface area contributed by atoms with Crippen LogP contribution in [-0.4, -0.2) is 31.8 Å². The number of carbonyl (C=O) groups is 1. The molecule has 6 nitrogen and oxygen atoms in total. The lowest BCUT2D eigenvalue weighted by atomic mass is 10.1. The molecule has 1 amide bonds. The molecular weight excluding hydrogens is 326 g/mol. The van der Waals surface area contributed by atoms with Gasteiger partial charge in [0.15, 0.2) is 5.65 Å². The summed E-state index contributed by atoms with van der Waals surface area (Å²) >= 11 is 0. The Labute approximate surface area is 150 Å². The fourth-order valence-corrected chi connectivity index (χ4v) is 2.79. The Morgan fingerprint density at radius 2 is 1.85 bits per heavy atom. The highest BCUT2D eigenvalue weighted by Gasteiger charge is 2.14. The van der Waals surface area contributed by atoms with E-state index in [1.165, 1.54) is 0 Å². The minimum absolute atomic E-state index is 0.193. The molecule has 0 aliphatic heterocycles. The van der Waals surface area contributed by atoms with Crippen molar-refractivity contribution >= 4 is 11.6 Å². The van der Waals surface area contributed by atoms with Crippen molar-refractivity contribution in [2.75, 3.05) is 6.54 Å². The third-order valence-electron chi connectivity index (χ3n) is 4.10. The molecule has 0 saturated carbocycles. The summed E-state index contributed by atoms with van der Waals surface area (Å²) < 4.78 is 1.83. The van der Waals surface area contributed by atoms with Crippen molar-refractivity contribution in [1.82, 2.24) is 24.7 Å². The van der Waals surface area contributed by atoms with Crippen LogP contribution in [0.3, 0.4) is 0 Å². The molecule has 128 valence electrons. The van der Waals surface area contributed by atoms with Gasteiger partial charge in [0.05, 0.1) is 0 Å². The quantitative estimate of drug-likeness (QED) is 0.605. The highest BCUT2D eigenvalue weighted by Crippen LogP contribution is 2.21. The van der Waals surface area contributed by atoms with E-state index in [1.807, 2.05) is 46.9 Å². The van der Waals surface area contributed by atoms with Gasteiger partial charge < -0.3 is 9.72 Å². The molecule has 1 N–H and O–H groups in total. The Kier molecular flexibility index (Phi) is 4.38. The summed E-state index contributed by atoms with van der Waals surface area (Å²) in [6.07, 6.45) is 9.48. The Balaban J connectivity index is 1.53. The summed E-state index contributed by atoms with van der Waals surface area (Å²) in [4.78, 5) is 25.3. The average Bonchev–Trinajstić information content (AvgIpc) is 3.14. The number of hydrogen-bond acceptors (Lipinski definition) is 4. The lowest BCUT2D eigenvalue weighted by molar-refractivity contribution is 0.0950. The van der Waals surface area contributed by atoms with Crippen LogP contribution in [0.15, 0.2) is 73.4 Å². The number of carbonyl (C=O) groups excluding carboxylic acids is 1. The zero-order valence-electron chi connectivity index (χ0n) is 14.0. The fraction of sp³-hybridized carbons (Fsp3) is 0.100. The monoisotopic (exact) mass is 343 g/mol. The number of amides is 1. The van der Waals surface area contributed by atoms with Gasteiger partial charge in [-0.2, -0.15) is 0 Å². The van der Waals surface area contributed by atoms with Crippen LogP contribution >= 0.6 is 0 Å². The van der Waals surface area contributed by atoms with E-state index in [9.17, 15) is 4.79 Å². The molecule has 3 heterocycles. The lowest BCUT2D eigenvalue weighted by Crippen LogP contribution is -2.25. The van der Waals surface area contributed by atoms with E-state index < -0.39 is 0 Å². The maximum absolute atomic E-state index is 12.4. The summed E-state index contributed by atoms with van der Waals surface area (Å²) in [6, 6.07) is 13.7. The molecule has 0 radical (unpaired) electrons. The largest absolute Gasteiger partial charge is 0.350 e. The van der Waals surface area contributed by atoms with Crippen molar-refractivity contribution in [2.45, 2.75) is 6.42 Å². The first-order valence-electron chi connectivity index (χ1n) is 8.37. The molecule has 4 aromatic rings. The molecule has 0 fully saturated rings. The molecule has 0 aliphatic rings. The SMILES string of the molecule is O=C(NCCc1ccncc1)c1cn2ccnc(-c3ccccc3)c2n1. The van der Waals surface area contributed by atoms with E-state index in [0.29, 0.717) is 17.9 Å². The highest BCUT2D eigenvalue weighted by molar-refractivity contribution is 5.93. The molecule has 0 saturated heterocycles. The van der Waals surface area contributed by atoms with Gasteiger partial charge in [0.1, 0.15) is 11.4 Å². The van der Waals surface area contributed by atoms with E-state index in [2.05, 4.69) is 20.3 Å². The summed E-state index contributed by atoms with van der Waals surface area (Å²) in [7, 11) is 0. The summed E-state index contributed by atoms with van der Waals surface area (Å²) in [5.41, 5.74) is 3.89. The topological polar surface area (TPSA) is 72.2 Å². The molecule has 0 atom stereocenters. The average molecular weight is 343 g/mol. The van der Waals surface area contributed by atoms with Crippen LogP contribution in [0.4, 0.5) is 0 Å². The Bertz CT molecular complexity index is 1030. The van der Waals surface area contributed by atoms with E-state index in [-0.39, 0.29) is 5.91 Å². The molecule has 0 bridgehead atoms. The molecule has 0 spiro atoms. The third-order valence-corrected chi connectivity index (χ3v) is 4.10. The van der Waals surface area contributed by atoms with Crippen LogP contribution < -0.4 is 5.32 Å². The second-order valence-electron chi connectivity index (χ2n) is 5.86. The Morgan fingerprint density at radius 1 is 1.04 bits per heavy atom. The first kappa shape index (κ1) is 16.0. The standard InChI is InChI=1S/C20H17N5O/c26-20(23-11-8-15-6-9-21-10-7-15)17-14-25-13-12-22-18(19(25)24-17)16-4-2-1-3-5-16/h1-7,9-10,12-14H,8,11H2,(H,23,26). The molecule has 0 unspecified atom stereocenters. The number of pyridine rings is 1. The number of benzene rings is 1. The predicted molar refractivity (Wildman–Crippen MR) is 98.7 cm³/mol. The molecule has 0 aliphatic carbocycles. The van der Waals surface area contributed by atoms with E-state index in [4.69, 9.17) is 0 Å². The maximum Gasteiger partial charge on any atom is 0.271 e. The highest BCUT2D eigenvalue weighted by atomic mass is 16.1. The lowest BCUT2D eigenvalue weighted by Gasteiger charge is -2.03. The van der Waals surface area contributed by atoms with Gasteiger partial charge in [-0.1, -0.05) is 30.3 Å². The first-order chi connectivity index (χ1) is 12.8. The van der Waals surface area contributed by atoms with Crippen molar-refractivity contribution < 1.29 is 4.79 Å². The number of fused-ring (bicyclic) bond motifs is 1. The molecule has 1 aromatic carbocycles. The van der Waals surface area contributed by atoms with Gasteiger partial charge in [-0.3, -0.25) is 14.8 Å². The smallest absolute Gasteiger partial charge is 0.271 e. The van der Waals surface area contributed by atoms with Gasteiger partial charge in [0.2, 0.25) is 0 Å². The fourth-order valence-electron chi connectivity index (χ4n) is 2.79. The van der Waals surface area contributed by atoms with Crippen LogP contribution in [0.5, 0.6) is 0 Å². The number of nitrogens with zero attached hydrogens (tertiary/aromatic N) is 4. The van der Waals surface area contributed by atoms with E-state index in [0.717, 1.165) is 23.2 Å². The third kappa shape index (κ3) is 3.30. The number of hydrogen-bond donors (Lipinski definition) is 1. The number of imidazole rings is 1. The molecular formula is C20H17N5O. The summed E-state index contributed by atoms with van der Waals surface area (Å²) in [5.74, 6) is -0.193. The van der Waals surface area contributed by atoms with Crippen LogP contribution in [0.25, 0.3) is 16.9 Å². The minimum Gasteiger partial charge on any atom is -0.350 e. The number of nitrogens with one attached hydrogen (secondary N) is 1. The summed E-state index contributed by atoms with van der Waals surface area (Å²) in [5, 5.41) is 2.91. The van der Waals surface area contributed by atoms with Crippen LogP contribution in [0, 0.1) is 0 Å². The molecule has 4 rings (SSSR count). The second-order valence-corrected chi connectivity index (χ2v) is 5.86. The van der Waals surface area contributed by atoms with Gasteiger partial charge in [-0.25, -0.2) is 4.98 Å². The number of aromatic nitrogens is 4. The van der Waals surface area contributed by atoms with E-state index in [1.54, 1.807) is 31.0 Å².